The molecule has 2 aromatic rings. The van der Waals surface area contributed by atoms with Gasteiger partial charge in [-0.05, 0) is 12.1 Å². The minimum absolute atomic E-state index is 0.0244. The highest BCUT2D eigenvalue weighted by atomic mass is 16.1. The number of pyridine rings is 1. The van der Waals surface area contributed by atoms with Crippen molar-refractivity contribution in [3.63, 3.8) is 0 Å². The fraction of sp³-hybridized carbons (Fsp3) is 0.0833. The summed E-state index contributed by atoms with van der Waals surface area (Å²) in [4.78, 5) is 11.8. The monoisotopic (exact) mass is 185 g/mol. The average molecular weight is 185 g/mol. The molecule has 0 radical (unpaired) electrons. The molecule has 0 N–H and O–H groups in total. The molecule has 0 bridgehead atoms. The highest BCUT2D eigenvalue weighted by Crippen LogP contribution is 2.03. The maximum atomic E-state index is 11.8. The average Bonchev–Trinajstić information content (AvgIpc) is 2.23. The Bertz CT molecular complexity index is 652. The van der Waals surface area contributed by atoms with Crippen LogP contribution in [-0.4, -0.2) is 4.57 Å². The number of aromatic nitrogens is 1. The van der Waals surface area contributed by atoms with Crippen LogP contribution in [0.1, 0.15) is 0 Å². The van der Waals surface area contributed by atoms with E-state index in [0.717, 1.165) is 5.52 Å². The Labute approximate surface area is 81.4 Å². The predicted octanol–water partition coefficient (Wildman–Crippen LogP) is 0.359. The molecule has 0 aliphatic carbocycles. The van der Waals surface area contributed by atoms with Crippen LogP contribution in [0, 0.1) is 0 Å². The summed E-state index contributed by atoms with van der Waals surface area (Å²) < 4.78 is 1.89. The lowest BCUT2D eigenvalue weighted by molar-refractivity contribution is 0.903. The first-order valence-electron chi connectivity index (χ1n) is 4.38. The molecule has 0 aliphatic rings. The molecule has 2 rings (SSSR count). The van der Waals surface area contributed by atoms with E-state index in [0.29, 0.717) is 16.0 Å². The fourth-order valence-electron chi connectivity index (χ4n) is 1.60. The lowest BCUT2D eigenvalue weighted by Crippen LogP contribution is -2.42. The quantitative estimate of drug-likeness (QED) is 0.581. The molecule has 0 amide bonds. The van der Waals surface area contributed by atoms with Crippen LogP contribution in [0.15, 0.2) is 29.1 Å². The first kappa shape index (κ1) is 8.75. The van der Waals surface area contributed by atoms with Crippen molar-refractivity contribution < 1.29 is 0 Å². The minimum atomic E-state index is -0.0244. The van der Waals surface area contributed by atoms with Gasteiger partial charge in [0.15, 0.2) is 5.43 Å². The Balaban J connectivity index is 3.28. The van der Waals surface area contributed by atoms with E-state index in [1.165, 1.54) is 0 Å². The summed E-state index contributed by atoms with van der Waals surface area (Å²) in [7, 11) is 1.89. The summed E-state index contributed by atoms with van der Waals surface area (Å²) in [6.07, 6.45) is 0. The third kappa shape index (κ3) is 1.01. The lowest BCUT2D eigenvalue weighted by Gasteiger charge is -2.05. The molecule has 1 heterocycles. The largest absolute Gasteiger partial charge is 0.344 e. The zero-order valence-corrected chi connectivity index (χ0v) is 8.08. The lowest BCUT2D eigenvalue weighted by atomic mass is 10.2. The fourth-order valence-corrected chi connectivity index (χ4v) is 1.60. The van der Waals surface area contributed by atoms with Crippen LogP contribution in [-0.2, 0) is 7.05 Å². The molecule has 0 saturated carbocycles. The molecule has 0 spiro atoms. The molecule has 1 aromatic carbocycles. The van der Waals surface area contributed by atoms with Gasteiger partial charge in [-0.15, -0.1) is 0 Å². The van der Waals surface area contributed by atoms with Gasteiger partial charge in [-0.2, -0.15) is 0 Å². The van der Waals surface area contributed by atoms with Gasteiger partial charge in [0.05, 0.1) is 5.52 Å². The van der Waals surface area contributed by atoms with Gasteiger partial charge in [0.25, 0.3) is 0 Å². The van der Waals surface area contributed by atoms with Crippen LogP contribution in [0.25, 0.3) is 24.1 Å². The Hall–Kier alpha value is -1.83. The summed E-state index contributed by atoms with van der Waals surface area (Å²) in [5.74, 6) is 0. The highest BCUT2D eigenvalue weighted by Gasteiger charge is 2.01. The summed E-state index contributed by atoms with van der Waals surface area (Å²) >= 11 is 0. The smallest absolute Gasteiger partial charge is 0.196 e. The van der Waals surface area contributed by atoms with Gasteiger partial charge in [-0.1, -0.05) is 25.3 Å². The summed E-state index contributed by atoms with van der Waals surface area (Å²) in [5, 5.41) is 1.85. The van der Waals surface area contributed by atoms with E-state index in [-0.39, 0.29) is 5.43 Å². The van der Waals surface area contributed by atoms with Crippen LogP contribution in [0.5, 0.6) is 0 Å². The number of benzene rings is 1. The zero-order chi connectivity index (χ0) is 10.3. The normalized spacial score (nSPS) is 10.6. The predicted molar refractivity (Wildman–Crippen MR) is 59.5 cm³/mol. The summed E-state index contributed by atoms with van der Waals surface area (Å²) in [5.41, 5.74) is 0.874. The Morgan fingerprint density at radius 3 is 2.57 bits per heavy atom. The van der Waals surface area contributed by atoms with Gasteiger partial charge in [-0.3, -0.25) is 4.79 Å². The van der Waals surface area contributed by atoms with Crippen molar-refractivity contribution in [2.75, 3.05) is 0 Å². The van der Waals surface area contributed by atoms with E-state index in [2.05, 4.69) is 13.2 Å². The van der Waals surface area contributed by atoms with E-state index in [1.807, 2.05) is 35.9 Å². The van der Waals surface area contributed by atoms with Crippen molar-refractivity contribution in [3.05, 3.63) is 45.1 Å². The van der Waals surface area contributed by atoms with Crippen LogP contribution in [0.3, 0.4) is 0 Å². The van der Waals surface area contributed by atoms with Crippen LogP contribution >= 0.6 is 0 Å². The van der Waals surface area contributed by atoms with E-state index in [9.17, 15) is 4.79 Å². The van der Waals surface area contributed by atoms with E-state index in [1.54, 1.807) is 0 Å². The molecule has 2 nitrogen and oxygen atoms in total. The number of rotatable bonds is 0. The number of para-hydroxylation sites is 1. The molecule has 70 valence electrons. The second-order valence-electron chi connectivity index (χ2n) is 3.33. The molecule has 0 unspecified atom stereocenters. The van der Waals surface area contributed by atoms with Crippen LogP contribution in [0.4, 0.5) is 0 Å². The topological polar surface area (TPSA) is 22.0 Å². The maximum absolute atomic E-state index is 11.8. The SMILES string of the molecule is C=c1c(=O)c2ccccc2n(C)c1=C. The molecule has 0 fully saturated rings. The van der Waals surface area contributed by atoms with Crippen molar-refractivity contribution in [3.8, 4) is 0 Å². The molecule has 14 heavy (non-hydrogen) atoms. The van der Waals surface area contributed by atoms with Crippen LogP contribution < -0.4 is 16.0 Å². The second-order valence-corrected chi connectivity index (χ2v) is 3.33. The molecule has 0 atom stereocenters. The van der Waals surface area contributed by atoms with Crippen molar-refractivity contribution in [1.29, 1.82) is 0 Å². The molecule has 1 aromatic heterocycles. The van der Waals surface area contributed by atoms with Gasteiger partial charge >= 0.3 is 0 Å². The molecular weight excluding hydrogens is 174 g/mol. The third-order valence-electron chi connectivity index (χ3n) is 2.54. The third-order valence-corrected chi connectivity index (χ3v) is 2.54. The standard InChI is InChI=1S/C12H11NO/c1-8-9(2)13(3)11-7-5-4-6-10(11)12(8)14/h4-7H,1-2H2,3H3. The first-order valence-corrected chi connectivity index (χ1v) is 4.38. The van der Waals surface area contributed by atoms with Gasteiger partial charge in [0, 0.05) is 23.0 Å². The number of hydrogen-bond acceptors (Lipinski definition) is 1. The first-order chi connectivity index (χ1) is 6.63. The number of hydrogen-bond donors (Lipinski definition) is 0. The molecule has 2 heteroatoms. The second kappa shape index (κ2) is 2.84. The van der Waals surface area contributed by atoms with Gasteiger partial charge < -0.3 is 4.57 Å². The van der Waals surface area contributed by atoms with E-state index < -0.39 is 0 Å². The van der Waals surface area contributed by atoms with E-state index >= 15 is 0 Å². The summed E-state index contributed by atoms with van der Waals surface area (Å²) in [6.45, 7) is 7.57. The van der Waals surface area contributed by atoms with Gasteiger partial charge in [-0.25, -0.2) is 0 Å². The Morgan fingerprint density at radius 2 is 1.86 bits per heavy atom. The van der Waals surface area contributed by atoms with E-state index in [4.69, 9.17) is 0 Å². The number of nitrogens with zero attached hydrogens (tertiary/aromatic N) is 1. The Kier molecular flexibility index (Phi) is 1.78. The number of aryl methyl sites for hydroxylation is 1. The highest BCUT2D eigenvalue weighted by molar-refractivity contribution is 5.78. The van der Waals surface area contributed by atoms with Gasteiger partial charge in [0.1, 0.15) is 0 Å². The zero-order valence-electron chi connectivity index (χ0n) is 8.08. The van der Waals surface area contributed by atoms with Crippen LogP contribution in [0.2, 0.25) is 0 Å². The van der Waals surface area contributed by atoms with Crippen molar-refractivity contribution >= 4 is 24.1 Å². The number of fused-ring (bicyclic) bond motifs is 1. The maximum Gasteiger partial charge on any atom is 0.196 e. The summed E-state index contributed by atoms with van der Waals surface area (Å²) in [6, 6.07) is 7.48. The van der Waals surface area contributed by atoms with Crippen molar-refractivity contribution in [1.82, 2.24) is 4.57 Å². The molecule has 0 saturated heterocycles. The minimum Gasteiger partial charge on any atom is -0.344 e. The van der Waals surface area contributed by atoms with Crippen molar-refractivity contribution in [2.24, 2.45) is 7.05 Å². The van der Waals surface area contributed by atoms with Crippen molar-refractivity contribution in [2.45, 2.75) is 0 Å². The Morgan fingerprint density at radius 1 is 1.21 bits per heavy atom. The van der Waals surface area contributed by atoms with Gasteiger partial charge in [0.2, 0.25) is 0 Å². The molecular formula is C12H11NO. The molecule has 0 aliphatic heterocycles.